The van der Waals surface area contributed by atoms with Gasteiger partial charge in [-0.1, -0.05) is 25.1 Å². The van der Waals surface area contributed by atoms with Gasteiger partial charge in [0.05, 0.1) is 5.39 Å². The smallest absolute Gasteiger partial charge is 0.274 e. The number of likely N-dealkylation sites (tertiary alicyclic amines) is 1. The van der Waals surface area contributed by atoms with Crippen molar-refractivity contribution in [1.29, 1.82) is 0 Å². The van der Waals surface area contributed by atoms with E-state index in [2.05, 4.69) is 17.1 Å². The molecule has 2 aromatic rings. The molecule has 0 bridgehead atoms. The van der Waals surface area contributed by atoms with Crippen LogP contribution in [-0.2, 0) is 0 Å². The van der Waals surface area contributed by atoms with Crippen molar-refractivity contribution in [1.82, 2.24) is 15.1 Å². The van der Waals surface area contributed by atoms with E-state index in [4.69, 9.17) is 0 Å². The van der Waals surface area contributed by atoms with Crippen molar-refractivity contribution in [3.63, 3.8) is 0 Å². The highest BCUT2D eigenvalue weighted by atomic mass is 16.2. The van der Waals surface area contributed by atoms with Crippen LogP contribution >= 0.6 is 0 Å². The van der Waals surface area contributed by atoms with Gasteiger partial charge in [-0.15, -0.1) is 0 Å². The van der Waals surface area contributed by atoms with Crippen LogP contribution < -0.4 is 5.56 Å². The molecule has 1 unspecified atom stereocenters. The lowest BCUT2D eigenvalue weighted by molar-refractivity contribution is 0.0755. The van der Waals surface area contributed by atoms with Crippen molar-refractivity contribution >= 4 is 16.7 Å². The molecule has 1 fully saturated rings. The third kappa shape index (κ3) is 2.68. The van der Waals surface area contributed by atoms with Crippen molar-refractivity contribution in [2.45, 2.75) is 26.2 Å². The van der Waals surface area contributed by atoms with Gasteiger partial charge in [0.2, 0.25) is 0 Å². The van der Waals surface area contributed by atoms with Crippen molar-refractivity contribution in [2.75, 3.05) is 13.1 Å². The van der Waals surface area contributed by atoms with E-state index >= 15 is 0 Å². The van der Waals surface area contributed by atoms with Gasteiger partial charge in [-0.05, 0) is 31.2 Å². The number of carbonyl (C=O) groups excluding carboxylic acids is 1. The highest BCUT2D eigenvalue weighted by Crippen LogP contribution is 2.20. The maximum Gasteiger partial charge on any atom is 0.274 e. The second-order valence-corrected chi connectivity index (χ2v) is 5.78. The summed E-state index contributed by atoms with van der Waals surface area (Å²) in [4.78, 5) is 26.4. The number of hydrogen-bond acceptors (Lipinski definition) is 3. The number of H-pyrrole nitrogens is 1. The van der Waals surface area contributed by atoms with Crippen LogP contribution in [0.25, 0.3) is 10.8 Å². The molecule has 1 amide bonds. The van der Waals surface area contributed by atoms with Crippen LogP contribution in [0.15, 0.2) is 29.1 Å². The third-order valence-corrected chi connectivity index (χ3v) is 4.20. The molecule has 2 heterocycles. The van der Waals surface area contributed by atoms with Crippen LogP contribution in [0.4, 0.5) is 0 Å². The van der Waals surface area contributed by atoms with Gasteiger partial charge in [-0.25, -0.2) is 5.10 Å². The molecule has 1 aliphatic heterocycles. The number of fused-ring (bicyclic) bond motifs is 1. The van der Waals surface area contributed by atoms with Crippen LogP contribution in [0.1, 0.15) is 36.7 Å². The molecule has 21 heavy (non-hydrogen) atoms. The molecule has 1 atom stereocenters. The number of hydrogen-bond donors (Lipinski definition) is 1. The number of carbonyl (C=O) groups is 1. The molecule has 0 saturated carbocycles. The first kappa shape index (κ1) is 13.8. The first-order valence-corrected chi connectivity index (χ1v) is 7.43. The van der Waals surface area contributed by atoms with E-state index in [1.54, 1.807) is 18.2 Å². The number of aromatic amines is 1. The molecule has 0 aliphatic carbocycles. The zero-order valence-electron chi connectivity index (χ0n) is 12.1. The number of nitrogens with one attached hydrogen (secondary N) is 1. The van der Waals surface area contributed by atoms with Crippen molar-refractivity contribution in [3.05, 3.63) is 40.3 Å². The second kappa shape index (κ2) is 5.68. The Morgan fingerprint density at radius 3 is 2.81 bits per heavy atom. The van der Waals surface area contributed by atoms with E-state index in [1.165, 1.54) is 0 Å². The molecular formula is C16H19N3O2. The molecular weight excluding hydrogens is 266 g/mol. The van der Waals surface area contributed by atoms with Gasteiger partial charge in [-0.2, -0.15) is 5.10 Å². The van der Waals surface area contributed by atoms with E-state index < -0.39 is 0 Å². The lowest BCUT2D eigenvalue weighted by Crippen LogP contribution is -2.33. The van der Waals surface area contributed by atoms with Crippen molar-refractivity contribution in [3.8, 4) is 0 Å². The molecule has 5 nitrogen and oxygen atoms in total. The summed E-state index contributed by atoms with van der Waals surface area (Å²) in [7, 11) is 0. The Labute approximate surface area is 123 Å². The summed E-state index contributed by atoms with van der Waals surface area (Å²) in [6, 6.07) is 7.12. The molecule has 1 aromatic heterocycles. The van der Waals surface area contributed by atoms with E-state index in [0.29, 0.717) is 22.4 Å². The monoisotopic (exact) mass is 285 g/mol. The zero-order chi connectivity index (χ0) is 14.8. The lowest BCUT2D eigenvalue weighted by atomic mass is 10.0. The van der Waals surface area contributed by atoms with E-state index in [-0.39, 0.29) is 11.5 Å². The van der Waals surface area contributed by atoms with Crippen molar-refractivity contribution in [2.24, 2.45) is 5.92 Å². The molecule has 0 radical (unpaired) electrons. The normalized spacial score (nSPS) is 19.5. The molecule has 5 heteroatoms. The van der Waals surface area contributed by atoms with Gasteiger partial charge < -0.3 is 4.90 Å². The Kier molecular flexibility index (Phi) is 3.73. The standard InChI is InChI=1S/C16H19N3O2/c1-11-5-4-9-19(10-8-11)16(21)14-12-6-2-3-7-13(12)15(20)18-17-14/h2-3,6-7,11H,4-5,8-10H2,1H3,(H,18,20). The lowest BCUT2D eigenvalue weighted by Gasteiger charge is -2.20. The van der Waals surface area contributed by atoms with Crippen molar-refractivity contribution < 1.29 is 4.79 Å². The Hall–Kier alpha value is -2.17. The van der Waals surface area contributed by atoms with Crippen LogP contribution in [-0.4, -0.2) is 34.1 Å². The third-order valence-electron chi connectivity index (χ3n) is 4.20. The Morgan fingerprint density at radius 2 is 2.00 bits per heavy atom. The largest absolute Gasteiger partial charge is 0.337 e. The molecule has 110 valence electrons. The predicted molar refractivity (Wildman–Crippen MR) is 81.3 cm³/mol. The minimum Gasteiger partial charge on any atom is -0.337 e. The predicted octanol–water partition coefficient (Wildman–Crippen LogP) is 2.19. The topological polar surface area (TPSA) is 66.1 Å². The first-order valence-electron chi connectivity index (χ1n) is 7.43. The summed E-state index contributed by atoms with van der Waals surface area (Å²) in [6.07, 6.45) is 3.20. The molecule has 1 aliphatic rings. The molecule has 3 rings (SSSR count). The molecule has 0 spiro atoms. The minimum absolute atomic E-state index is 0.0865. The maximum atomic E-state index is 12.7. The summed E-state index contributed by atoms with van der Waals surface area (Å²) in [5.74, 6) is 0.569. The van der Waals surface area contributed by atoms with Gasteiger partial charge in [-0.3, -0.25) is 9.59 Å². The fraction of sp³-hybridized carbons (Fsp3) is 0.438. The van der Waals surface area contributed by atoms with E-state index in [0.717, 1.165) is 32.4 Å². The van der Waals surface area contributed by atoms with Crippen LogP contribution in [0.3, 0.4) is 0 Å². The number of benzene rings is 1. The Balaban J connectivity index is 1.98. The molecule has 1 N–H and O–H groups in total. The summed E-state index contributed by atoms with van der Waals surface area (Å²) in [5.41, 5.74) is 0.0893. The highest BCUT2D eigenvalue weighted by Gasteiger charge is 2.23. The van der Waals surface area contributed by atoms with Crippen LogP contribution in [0.2, 0.25) is 0 Å². The number of nitrogens with zero attached hydrogens (tertiary/aromatic N) is 2. The number of rotatable bonds is 1. The molecule has 1 saturated heterocycles. The summed E-state index contributed by atoms with van der Waals surface area (Å²) < 4.78 is 0. The highest BCUT2D eigenvalue weighted by molar-refractivity contribution is 6.04. The van der Waals surface area contributed by atoms with Gasteiger partial charge in [0, 0.05) is 18.5 Å². The fourth-order valence-corrected chi connectivity index (χ4v) is 2.89. The number of amides is 1. The van der Waals surface area contributed by atoms with E-state index in [9.17, 15) is 9.59 Å². The fourth-order valence-electron chi connectivity index (χ4n) is 2.89. The summed E-state index contributed by atoms with van der Waals surface area (Å²) >= 11 is 0. The quantitative estimate of drug-likeness (QED) is 0.873. The maximum absolute atomic E-state index is 12.7. The van der Waals surface area contributed by atoms with Gasteiger partial charge >= 0.3 is 0 Å². The second-order valence-electron chi connectivity index (χ2n) is 5.78. The van der Waals surface area contributed by atoms with Gasteiger partial charge in [0.1, 0.15) is 0 Å². The SMILES string of the molecule is CC1CCCN(C(=O)c2n[nH]c(=O)c3ccccc23)CC1. The average molecular weight is 285 g/mol. The first-order chi connectivity index (χ1) is 10.2. The van der Waals surface area contributed by atoms with Crippen LogP contribution in [0.5, 0.6) is 0 Å². The van der Waals surface area contributed by atoms with E-state index in [1.807, 2.05) is 11.0 Å². The summed E-state index contributed by atoms with van der Waals surface area (Å²) in [6.45, 7) is 3.75. The van der Waals surface area contributed by atoms with Crippen LogP contribution in [0, 0.1) is 5.92 Å². The summed E-state index contributed by atoms with van der Waals surface area (Å²) in [5, 5.41) is 7.58. The minimum atomic E-state index is -0.258. The zero-order valence-corrected chi connectivity index (χ0v) is 12.1. The number of aromatic nitrogens is 2. The Bertz CT molecular complexity index is 723. The van der Waals surface area contributed by atoms with Gasteiger partial charge in [0.15, 0.2) is 5.69 Å². The Morgan fingerprint density at radius 1 is 1.24 bits per heavy atom. The molecule has 1 aromatic carbocycles. The average Bonchev–Trinajstić information content (AvgIpc) is 2.72. The van der Waals surface area contributed by atoms with Gasteiger partial charge in [0.25, 0.3) is 11.5 Å².